The van der Waals surface area contributed by atoms with Gasteiger partial charge in [0.2, 0.25) is 0 Å². The summed E-state index contributed by atoms with van der Waals surface area (Å²) in [7, 11) is 0. The van der Waals surface area contributed by atoms with Crippen molar-refractivity contribution in [3.8, 4) is 0 Å². The minimum Gasteiger partial charge on any atom is -0.488 e. The van der Waals surface area contributed by atoms with Crippen LogP contribution < -0.4 is 11.1 Å². The van der Waals surface area contributed by atoms with E-state index in [0.29, 0.717) is 26.4 Å². The Balaban J connectivity index is 1.66. The SMILES string of the molecule is NCCCOCC1=NC=C2C(=C3C=C4C=CCOC4=C3C=CC2Cl)N1. The molecule has 6 heteroatoms. The Morgan fingerprint density at radius 1 is 1.36 bits per heavy atom. The van der Waals surface area contributed by atoms with E-state index < -0.39 is 0 Å². The van der Waals surface area contributed by atoms with Gasteiger partial charge in [-0.3, -0.25) is 0 Å². The normalized spacial score (nSPS) is 23.8. The zero-order chi connectivity index (χ0) is 17.2. The zero-order valence-corrected chi connectivity index (χ0v) is 14.6. The van der Waals surface area contributed by atoms with Crippen LogP contribution in [0, 0.1) is 0 Å². The number of allylic oxidation sites excluding steroid dienone is 7. The smallest absolute Gasteiger partial charge is 0.134 e. The van der Waals surface area contributed by atoms with Crippen LogP contribution in [0.5, 0.6) is 0 Å². The molecule has 4 aliphatic rings. The molecule has 0 saturated carbocycles. The first-order chi connectivity index (χ1) is 12.3. The van der Waals surface area contributed by atoms with Crippen molar-refractivity contribution in [2.24, 2.45) is 10.7 Å². The van der Waals surface area contributed by atoms with Crippen molar-refractivity contribution in [3.63, 3.8) is 0 Å². The van der Waals surface area contributed by atoms with E-state index in [2.05, 4.69) is 22.5 Å². The summed E-state index contributed by atoms with van der Waals surface area (Å²) in [5.74, 6) is 1.68. The van der Waals surface area contributed by atoms with E-state index in [9.17, 15) is 0 Å². The molecule has 25 heavy (non-hydrogen) atoms. The van der Waals surface area contributed by atoms with Crippen molar-refractivity contribution >= 4 is 17.4 Å². The van der Waals surface area contributed by atoms with Crippen LogP contribution in [0.3, 0.4) is 0 Å². The van der Waals surface area contributed by atoms with Crippen LogP contribution in [0.4, 0.5) is 0 Å². The van der Waals surface area contributed by atoms with Gasteiger partial charge in [-0.15, -0.1) is 11.6 Å². The highest BCUT2D eigenvalue weighted by atomic mass is 35.5. The Labute approximate surface area is 151 Å². The average Bonchev–Trinajstić information content (AvgIpc) is 2.95. The summed E-state index contributed by atoms with van der Waals surface area (Å²) in [5, 5.41) is 3.16. The van der Waals surface area contributed by atoms with Gasteiger partial charge in [0.15, 0.2) is 0 Å². The van der Waals surface area contributed by atoms with Gasteiger partial charge in [0.1, 0.15) is 24.8 Å². The van der Waals surface area contributed by atoms with Crippen molar-refractivity contribution in [2.45, 2.75) is 11.8 Å². The third-order valence-corrected chi connectivity index (χ3v) is 4.75. The topological polar surface area (TPSA) is 68.9 Å². The highest BCUT2D eigenvalue weighted by Gasteiger charge is 2.31. The maximum absolute atomic E-state index is 6.53. The van der Waals surface area contributed by atoms with Crippen molar-refractivity contribution in [2.75, 3.05) is 26.4 Å². The largest absolute Gasteiger partial charge is 0.488 e. The molecule has 130 valence electrons. The van der Waals surface area contributed by atoms with Crippen molar-refractivity contribution in [3.05, 3.63) is 70.3 Å². The fourth-order valence-electron chi connectivity index (χ4n) is 3.14. The van der Waals surface area contributed by atoms with Gasteiger partial charge in [-0.2, -0.15) is 0 Å². The molecule has 0 aromatic rings. The van der Waals surface area contributed by atoms with Gasteiger partial charge < -0.3 is 20.5 Å². The molecule has 3 N–H and O–H groups in total. The summed E-state index contributed by atoms with van der Waals surface area (Å²) in [4.78, 5) is 4.46. The molecule has 0 aromatic carbocycles. The van der Waals surface area contributed by atoms with Gasteiger partial charge in [-0.1, -0.05) is 18.2 Å². The van der Waals surface area contributed by atoms with Gasteiger partial charge in [0.05, 0.1) is 11.1 Å². The Hall–Kier alpha value is -2.08. The number of nitrogens with two attached hydrogens (primary N) is 1. The standard InChI is InChI=1S/C19H20ClN3O2/c20-16-5-4-13-14(9-12-3-1-8-25-19(12)13)18-15(16)10-22-17(23-18)11-24-7-2-6-21/h1,3-5,9-10,16H,2,6-8,11,21H2,(H,22,23). The average molecular weight is 358 g/mol. The molecule has 0 aromatic heterocycles. The third-order valence-electron chi connectivity index (χ3n) is 4.37. The van der Waals surface area contributed by atoms with Gasteiger partial charge in [-0.25, -0.2) is 4.99 Å². The lowest BCUT2D eigenvalue weighted by molar-refractivity contribution is 0.168. The molecule has 2 heterocycles. The number of fused-ring (bicyclic) bond motifs is 3. The predicted molar refractivity (Wildman–Crippen MR) is 99.2 cm³/mol. The molecule has 0 fully saturated rings. The van der Waals surface area contributed by atoms with Crippen LogP contribution in [0.2, 0.25) is 0 Å². The molecule has 0 amide bonds. The zero-order valence-electron chi connectivity index (χ0n) is 13.8. The van der Waals surface area contributed by atoms with Crippen molar-refractivity contribution in [1.82, 2.24) is 5.32 Å². The Bertz CT molecular complexity index is 799. The Morgan fingerprint density at radius 2 is 2.28 bits per heavy atom. The first-order valence-electron chi connectivity index (χ1n) is 8.42. The number of alkyl halides is 1. The first kappa shape index (κ1) is 16.4. The summed E-state index contributed by atoms with van der Waals surface area (Å²) in [5.41, 5.74) is 10.6. The summed E-state index contributed by atoms with van der Waals surface area (Å²) < 4.78 is 11.5. The van der Waals surface area contributed by atoms with Gasteiger partial charge >= 0.3 is 0 Å². The second-order valence-corrected chi connectivity index (χ2v) is 6.56. The first-order valence-corrected chi connectivity index (χ1v) is 8.86. The quantitative estimate of drug-likeness (QED) is 0.586. The summed E-state index contributed by atoms with van der Waals surface area (Å²) in [6.45, 7) is 2.25. The van der Waals surface area contributed by atoms with E-state index in [1.807, 2.05) is 24.4 Å². The molecule has 1 unspecified atom stereocenters. The van der Waals surface area contributed by atoms with E-state index in [0.717, 1.165) is 46.0 Å². The van der Waals surface area contributed by atoms with Crippen LogP contribution in [-0.2, 0) is 9.47 Å². The van der Waals surface area contributed by atoms with Crippen molar-refractivity contribution < 1.29 is 9.47 Å². The molecule has 0 saturated heterocycles. The molecule has 2 aliphatic heterocycles. The highest BCUT2D eigenvalue weighted by Crippen LogP contribution is 2.41. The second-order valence-electron chi connectivity index (χ2n) is 6.09. The maximum atomic E-state index is 6.53. The molecule has 4 rings (SSSR count). The summed E-state index contributed by atoms with van der Waals surface area (Å²) in [6, 6.07) is 0. The van der Waals surface area contributed by atoms with Crippen LogP contribution in [0.15, 0.2) is 75.3 Å². The van der Waals surface area contributed by atoms with Gasteiger partial charge in [0, 0.05) is 35.1 Å². The molecule has 1 atom stereocenters. The molecular weight excluding hydrogens is 338 g/mol. The number of amidine groups is 1. The molecule has 0 radical (unpaired) electrons. The highest BCUT2D eigenvalue weighted by molar-refractivity contribution is 6.24. The number of halogens is 1. The van der Waals surface area contributed by atoms with Crippen LogP contribution >= 0.6 is 11.6 Å². The molecule has 5 nitrogen and oxygen atoms in total. The number of rotatable bonds is 5. The molecule has 2 aliphatic carbocycles. The lowest BCUT2D eigenvalue weighted by Crippen LogP contribution is -2.32. The number of aliphatic imine (C=N–C) groups is 1. The van der Waals surface area contributed by atoms with E-state index in [-0.39, 0.29) is 5.38 Å². The van der Waals surface area contributed by atoms with Crippen molar-refractivity contribution in [1.29, 1.82) is 0 Å². The minimum atomic E-state index is -0.242. The van der Waals surface area contributed by atoms with Gasteiger partial charge in [0.25, 0.3) is 0 Å². The molecule has 0 spiro atoms. The monoisotopic (exact) mass is 357 g/mol. The second kappa shape index (κ2) is 7.04. The van der Waals surface area contributed by atoms with Crippen LogP contribution in [0.25, 0.3) is 0 Å². The van der Waals surface area contributed by atoms with E-state index >= 15 is 0 Å². The number of hydrogen-bond donors (Lipinski definition) is 2. The van der Waals surface area contributed by atoms with E-state index in [1.54, 1.807) is 0 Å². The fourth-order valence-corrected chi connectivity index (χ4v) is 3.38. The lowest BCUT2D eigenvalue weighted by atomic mass is 10.0. The number of nitrogens with one attached hydrogen (secondary N) is 1. The van der Waals surface area contributed by atoms with E-state index in [1.165, 1.54) is 0 Å². The van der Waals surface area contributed by atoms with Crippen LogP contribution in [0.1, 0.15) is 6.42 Å². The number of nitrogens with zero attached hydrogens (tertiary/aromatic N) is 1. The van der Waals surface area contributed by atoms with Crippen LogP contribution in [-0.4, -0.2) is 37.6 Å². The Kier molecular flexibility index (Phi) is 4.61. The predicted octanol–water partition coefficient (Wildman–Crippen LogP) is 2.45. The Morgan fingerprint density at radius 3 is 3.16 bits per heavy atom. The molecule has 0 bridgehead atoms. The lowest BCUT2D eigenvalue weighted by Gasteiger charge is -2.22. The number of hydrogen-bond acceptors (Lipinski definition) is 5. The fraction of sp³-hybridized carbons (Fsp3) is 0.316. The maximum Gasteiger partial charge on any atom is 0.134 e. The molecular formula is C19H20ClN3O2. The van der Waals surface area contributed by atoms with Gasteiger partial charge in [-0.05, 0) is 25.1 Å². The minimum absolute atomic E-state index is 0.242. The number of ether oxygens (including phenoxy) is 2. The third kappa shape index (κ3) is 3.11. The summed E-state index contributed by atoms with van der Waals surface area (Å²) >= 11 is 6.53. The summed E-state index contributed by atoms with van der Waals surface area (Å²) in [6.07, 6.45) is 12.9. The van der Waals surface area contributed by atoms with E-state index in [4.69, 9.17) is 26.8 Å².